The Kier molecular flexibility index (Phi) is 10.8. The molecule has 206 valence electrons. The van der Waals surface area contributed by atoms with Crippen molar-refractivity contribution >= 4 is 69.5 Å². The number of nitro benzene ring substituents is 2. The predicted molar refractivity (Wildman–Crippen MR) is 138 cm³/mol. The zero-order valence-corrected chi connectivity index (χ0v) is 20.6. The highest BCUT2D eigenvalue weighted by Crippen LogP contribution is 2.32. The Morgan fingerprint density at radius 2 is 1.05 bits per heavy atom. The standard InChI is InChI=1S/C7H5Cl2NO2.C7H5N3O6.C7H7NO3/c8-4-1-3(7(11)12)2-5(9)6(4)10;8-6-4(9(13)14)1-3(7(11)12)2-5(6)10(15)16;8-5-2-1-4(7(10)11)3-6(5)9/h1-2H,10H2,(H,11,12);1-2H,8H2,(H,11,12);1-3,9H,8H2,(H,10,11). The van der Waals surface area contributed by atoms with Gasteiger partial charge in [0.2, 0.25) is 0 Å². The van der Waals surface area contributed by atoms with E-state index in [-0.39, 0.29) is 38.3 Å². The fourth-order valence-corrected chi connectivity index (χ4v) is 2.92. The van der Waals surface area contributed by atoms with E-state index in [0.29, 0.717) is 12.1 Å². The first-order valence-corrected chi connectivity index (χ1v) is 10.5. The molecule has 0 saturated carbocycles. The summed E-state index contributed by atoms with van der Waals surface area (Å²) in [5.41, 5.74) is 13.4. The third kappa shape index (κ3) is 8.62. The lowest BCUT2D eigenvalue weighted by Gasteiger charge is -2.01. The number of nitrogen functional groups attached to an aromatic ring is 3. The van der Waals surface area contributed by atoms with Gasteiger partial charge in [-0.1, -0.05) is 23.2 Å². The molecule has 3 rings (SSSR count). The molecule has 0 fully saturated rings. The lowest BCUT2D eigenvalue weighted by atomic mass is 10.1. The molecular formula is C21H17Cl2N5O11. The molecule has 0 amide bonds. The quantitative estimate of drug-likeness (QED) is 0.0970. The average molecular weight is 586 g/mol. The van der Waals surface area contributed by atoms with Crippen LogP contribution in [-0.4, -0.2) is 48.2 Å². The van der Waals surface area contributed by atoms with Gasteiger partial charge < -0.3 is 37.6 Å². The molecule has 0 aliphatic rings. The number of anilines is 3. The van der Waals surface area contributed by atoms with E-state index >= 15 is 0 Å². The van der Waals surface area contributed by atoms with Crippen LogP contribution in [0.4, 0.5) is 28.4 Å². The van der Waals surface area contributed by atoms with Gasteiger partial charge in [0.25, 0.3) is 11.4 Å². The van der Waals surface area contributed by atoms with Gasteiger partial charge in [-0.15, -0.1) is 0 Å². The second kappa shape index (κ2) is 13.3. The van der Waals surface area contributed by atoms with Gasteiger partial charge >= 0.3 is 17.9 Å². The molecular weight excluding hydrogens is 569 g/mol. The SMILES string of the molecule is Nc1c(Cl)cc(C(=O)O)cc1Cl.Nc1c([N+](=O)[O-])cc(C(=O)O)cc1[N+](=O)[O-].Nc1ccc(C(=O)O)cc1O. The van der Waals surface area contributed by atoms with Crippen LogP contribution in [0.5, 0.6) is 5.75 Å². The first-order valence-electron chi connectivity index (χ1n) is 9.73. The largest absolute Gasteiger partial charge is 0.506 e. The van der Waals surface area contributed by atoms with E-state index in [9.17, 15) is 34.6 Å². The fourth-order valence-electron chi connectivity index (χ4n) is 2.43. The van der Waals surface area contributed by atoms with E-state index in [0.717, 1.165) is 6.07 Å². The van der Waals surface area contributed by atoms with Crippen LogP contribution in [0.15, 0.2) is 42.5 Å². The zero-order chi connectivity index (χ0) is 30.2. The normalized spacial score (nSPS) is 9.69. The number of aromatic carboxylic acids is 3. The number of carboxylic acids is 3. The number of hydrogen-bond donors (Lipinski definition) is 7. The van der Waals surface area contributed by atoms with Gasteiger partial charge in [-0.2, -0.15) is 0 Å². The number of nitrogens with zero attached hydrogens (tertiary/aromatic N) is 2. The summed E-state index contributed by atoms with van der Waals surface area (Å²) in [6.45, 7) is 0. The average Bonchev–Trinajstić information content (AvgIpc) is 2.84. The minimum atomic E-state index is -1.51. The van der Waals surface area contributed by atoms with Crippen molar-refractivity contribution in [2.24, 2.45) is 0 Å². The summed E-state index contributed by atoms with van der Waals surface area (Å²) in [6.07, 6.45) is 0. The molecule has 39 heavy (non-hydrogen) atoms. The number of nitrogens with two attached hydrogens (primary N) is 3. The van der Waals surface area contributed by atoms with Crippen molar-refractivity contribution in [1.29, 1.82) is 0 Å². The second-order valence-corrected chi connectivity index (χ2v) is 7.80. The summed E-state index contributed by atoms with van der Waals surface area (Å²) in [7, 11) is 0. The maximum atomic E-state index is 10.6. The van der Waals surface area contributed by atoms with Crippen LogP contribution in [-0.2, 0) is 0 Å². The third-order valence-corrected chi connectivity index (χ3v) is 5.01. The number of aromatic hydroxyl groups is 1. The summed E-state index contributed by atoms with van der Waals surface area (Å²) >= 11 is 11.2. The molecule has 0 aliphatic carbocycles. The monoisotopic (exact) mass is 585 g/mol. The molecule has 0 aliphatic heterocycles. The predicted octanol–water partition coefficient (Wildman–Crippen LogP) is 3.73. The van der Waals surface area contributed by atoms with Crippen LogP contribution in [0.3, 0.4) is 0 Å². The molecule has 0 saturated heterocycles. The van der Waals surface area contributed by atoms with Gasteiger partial charge in [-0.05, 0) is 30.3 Å². The van der Waals surface area contributed by atoms with Crippen LogP contribution in [0.25, 0.3) is 0 Å². The van der Waals surface area contributed by atoms with Gasteiger partial charge in [0.15, 0.2) is 5.69 Å². The number of hydrogen-bond acceptors (Lipinski definition) is 11. The highest BCUT2D eigenvalue weighted by atomic mass is 35.5. The summed E-state index contributed by atoms with van der Waals surface area (Å²) in [5, 5.41) is 55.8. The number of rotatable bonds is 5. The Bertz CT molecular complexity index is 1420. The molecule has 18 heteroatoms. The number of phenolic OH excluding ortho intramolecular Hbond substituents is 1. The molecule has 16 nitrogen and oxygen atoms in total. The highest BCUT2D eigenvalue weighted by Gasteiger charge is 2.26. The van der Waals surface area contributed by atoms with E-state index < -0.39 is 50.4 Å². The van der Waals surface area contributed by atoms with Gasteiger partial charge in [0, 0.05) is 12.1 Å². The van der Waals surface area contributed by atoms with Crippen LogP contribution >= 0.6 is 23.2 Å². The van der Waals surface area contributed by atoms with Crippen molar-refractivity contribution in [3.05, 3.63) is 89.4 Å². The third-order valence-electron chi connectivity index (χ3n) is 4.38. The molecule has 0 radical (unpaired) electrons. The molecule has 0 atom stereocenters. The topological polar surface area (TPSA) is 296 Å². The molecule has 0 aromatic heterocycles. The first kappa shape index (κ1) is 31.7. The lowest BCUT2D eigenvalue weighted by molar-refractivity contribution is -0.392. The Balaban J connectivity index is 0.000000299. The van der Waals surface area contributed by atoms with Crippen molar-refractivity contribution in [3.63, 3.8) is 0 Å². The second-order valence-electron chi connectivity index (χ2n) is 6.99. The van der Waals surface area contributed by atoms with Gasteiger partial charge in [-0.25, -0.2) is 14.4 Å². The van der Waals surface area contributed by atoms with Crippen molar-refractivity contribution in [1.82, 2.24) is 0 Å². The Morgan fingerprint density at radius 1 is 0.667 bits per heavy atom. The molecule has 3 aromatic carbocycles. The number of halogens is 2. The minimum Gasteiger partial charge on any atom is -0.506 e. The summed E-state index contributed by atoms with van der Waals surface area (Å²) in [6, 6.07) is 7.64. The van der Waals surface area contributed by atoms with Crippen molar-refractivity contribution in [3.8, 4) is 5.75 Å². The zero-order valence-electron chi connectivity index (χ0n) is 19.1. The maximum absolute atomic E-state index is 10.6. The lowest BCUT2D eigenvalue weighted by Crippen LogP contribution is -2.05. The minimum absolute atomic E-state index is 0.0247. The molecule has 0 bridgehead atoms. The van der Waals surface area contributed by atoms with Crippen molar-refractivity contribution in [2.45, 2.75) is 0 Å². The van der Waals surface area contributed by atoms with Gasteiger partial charge in [0.05, 0.1) is 48.0 Å². The molecule has 0 spiro atoms. The number of benzene rings is 3. The maximum Gasteiger partial charge on any atom is 0.336 e. The van der Waals surface area contributed by atoms with Gasteiger partial charge in [0.1, 0.15) is 5.75 Å². The first-order chi connectivity index (χ1) is 18.0. The Morgan fingerprint density at radius 3 is 1.38 bits per heavy atom. The van der Waals surface area contributed by atoms with E-state index in [2.05, 4.69) is 0 Å². The molecule has 10 N–H and O–H groups in total. The summed E-state index contributed by atoms with van der Waals surface area (Å²) in [5.74, 6) is -3.88. The van der Waals surface area contributed by atoms with Crippen LogP contribution < -0.4 is 17.2 Å². The number of carboxylic acid groups (broad SMARTS) is 3. The van der Waals surface area contributed by atoms with Crippen molar-refractivity contribution < 1.29 is 44.7 Å². The van der Waals surface area contributed by atoms with Crippen LogP contribution in [0.1, 0.15) is 31.1 Å². The van der Waals surface area contributed by atoms with E-state index in [1.807, 2.05) is 0 Å². The highest BCUT2D eigenvalue weighted by molar-refractivity contribution is 6.39. The number of carbonyl (C=O) groups is 3. The van der Waals surface area contributed by atoms with E-state index in [4.69, 9.17) is 60.8 Å². The van der Waals surface area contributed by atoms with Crippen molar-refractivity contribution in [2.75, 3.05) is 17.2 Å². The fraction of sp³-hybridized carbons (Fsp3) is 0. The number of phenols is 1. The summed E-state index contributed by atoms with van der Waals surface area (Å²) < 4.78 is 0. The van der Waals surface area contributed by atoms with E-state index in [1.165, 1.54) is 24.3 Å². The molecule has 3 aromatic rings. The van der Waals surface area contributed by atoms with E-state index in [1.54, 1.807) is 0 Å². The Hall–Kier alpha value is -5.35. The van der Waals surface area contributed by atoms with Gasteiger partial charge in [-0.3, -0.25) is 20.2 Å². The smallest absolute Gasteiger partial charge is 0.336 e. The summed E-state index contributed by atoms with van der Waals surface area (Å²) in [4.78, 5) is 50.4. The molecule has 0 unspecified atom stereocenters. The molecule has 0 heterocycles. The number of nitro groups is 2. The Labute approximate surface area is 226 Å². The van der Waals surface area contributed by atoms with Crippen LogP contribution in [0, 0.1) is 20.2 Å². The van der Waals surface area contributed by atoms with Crippen LogP contribution in [0.2, 0.25) is 10.0 Å².